The largest absolute Gasteiger partial charge is 0.480 e. The van der Waals surface area contributed by atoms with Crippen molar-refractivity contribution in [2.45, 2.75) is 39.3 Å². The summed E-state index contributed by atoms with van der Waals surface area (Å²) in [6, 6.07) is -0.306. The second-order valence-corrected chi connectivity index (χ2v) is 4.65. The summed E-state index contributed by atoms with van der Waals surface area (Å²) in [5.41, 5.74) is 0. The minimum absolute atomic E-state index is 0.0850. The van der Waals surface area contributed by atoms with Gasteiger partial charge >= 0.3 is 5.97 Å². The number of hydrogen-bond acceptors (Lipinski definition) is 3. The summed E-state index contributed by atoms with van der Waals surface area (Å²) in [6.07, 6.45) is 0.968. The number of carbonyl (C=O) groups is 2. The minimum Gasteiger partial charge on any atom is -0.480 e. The molecule has 0 bridgehead atoms. The highest BCUT2D eigenvalue weighted by Gasteiger charge is 2.34. The average Bonchev–Trinajstić information content (AvgIpc) is 2.59. The van der Waals surface area contributed by atoms with Crippen molar-refractivity contribution in [1.29, 1.82) is 0 Å². The molecule has 2 unspecified atom stereocenters. The number of carboxylic acids is 1. The fourth-order valence-corrected chi connectivity index (χ4v) is 2.00. The maximum Gasteiger partial charge on any atom is 0.323 e. The molecule has 2 N–H and O–H groups in total. The molecule has 1 rings (SSSR count). The molecule has 1 fully saturated rings. The van der Waals surface area contributed by atoms with E-state index in [2.05, 4.69) is 5.32 Å². The first kappa shape index (κ1) is 13.0. The van der Waals surface area contributed by atoms with Crippen LogP contribution in [0.5, 0.6) is 0 Å². The van der Waals surface area contributed by atoms with E-state index < -0.39 is 5.97 Å². The monoisotopic (exact) mass is 228 g/mol. The second kappa shape index (κ2) is 5.30. The van der Waals surface area contributed by atoms with Crippen molar-refractivity contribution in [2.24, 2.45) is 5.92 Å². The summed E-state index contributed by atoms with van der Waals surface area (Å²) < 4.78 is 0. The Hall–Kier alpha value is -1.10. The molecule has 1 aliphatic heterocycles. The lowest BCUT2D eigenvalue weighted by molar-refractivity contribution is -0.147. The van der Waals surface area contributed by atoms with Gasteiger partial charge < -0.3 is 15.3 Å². The fourth-order valence-electron chi connectivity index (χ4n) is 2.00. The number of nitrogens with one attached hydrogen (secondary N) is 1. The van der Waals surface area contributed by atoms with Crippen LogP contribution in [0.15, 0.2) is 0 Å². The van der Waals surface area contributed by atoms with Gasteiger partial charge in [0.1, 0.15) is 6.54 Å². The van der Waals surface area contributed by atoms with Crippen molar-refractivity contribution in [3.8, 4) is 0 Å². The van der Waals surface area contributed by atoms with E-state index in [9.17, 15) is 9.59 Å². The van der Waals surface area contributed by atoms with E-state index in [-0.39, 0.29) is 30.5 Å². The van der Waals surface area contributed by atoms with Gasteiger partial charge in [0.15, 0.2) is 0 Å². The average molecular weight is 228 g/mol. The Balaban J connectivity index is 2.70. The SMILES string of the molecule is CC1CCNC1C(=O)N(CC(=O)O)C(C)C. The summed E-state index contributed by atoms with van der Waals surface area (Å²) >= 11 is 0. The quantitative estimate of drug-likeness (QED) is 0.726. The van der Waals surface area contributed by atoms with Gasteiger partial charge in [-0.05, 0) is 32.7 Å². The van der Waals surface area contributed by atoms with Crippen LogP contribution < -0.4 is 5.32 Å². The number of rotatable bonds is 4. The van der Waals surface area contributed by atoms with E-state index >= 15 is 0 Å². The van der Waals surface area contributed by atoms with Crippen molar-refractivity contribution in [1.82, 2.24) is 10.2 Å². The van der Waals surface area contributed by atoms with E-state index in [0.717, 1.165) is 13.0 Å². The molecule has 0 spiro atoms. The van der Waals surface area contributed by atoms with E-state index in [1.807, 2.05) is 20.8 Å². The molecule has 0 radical (unpaired) electrons. The molecule has 0 aliphatic carbocycles. The number of amides is 1. The molecule has 5 nitrogen and oxygen atoms in total. The van der Waals surface area contributed by atoms with Gasteiger partial charge in [0.25, 0.3) is 0 Å². The Morgan fingerprint density at radius 2 is 2.12 bits per heavy atom. The highest BCUT2D eigenvalue weighted by atomic mass is 16.4. The smallest absolute Gasteiger partial charge is 0.323 e. The van der Waals surface area contributed by atoms with Crippen LogP contribution in [0, 0.1) is 5.92 Å². The molecule has 1 amide bonds. The molecule has 1 heterocycles. The maximum atomic E-state index is 12.1. The van der Waals surface area contributed by atoms with Gasteiger partial charge in [-0.2, -0.15) is 0 Å². The Morgan fingerprint density at radius 3 is 2.50 bits per heavy atom. The molecule has 2 atom stereocenters. The third-order valence-corrected chi connectivity index (χ3v) is 3.01. The predicted molar refractivity (Wildman–Crippen MR) is 60.1 cm³/mol. The van der Waals surface area contributed by atoms with Gasteiger partial charge in [0, 0.05) is 6.04 Å². The third-order valence-electron chi connectivity index (χ3n) is 3.01. The minimum atomic E-state index is -0.965. The Kier molecular flexibility index (Phi) is 4.29. The van der Waals surface area contributed by atoms with Crippen molar-refractivity contribution in [3.63, 3.8) is 0 Å². The van der Waals surface area contributed by atoms with Crippen LogP contribution in [-0.2, 0) is 9.59 Å². The lowest BCUT2D eigenvalue weighted by Crippen LogP contribution is -2.50. The van der Waals surface area contributed by atoms with Gasteiger partial charge in [-0.1, -0.05) is 6.92 Å². The summed E-state index contributed by atoms with van der Waals surface area (Å²) in [7, 11) is 0. The lowest BCUT2D eigenvalue weighted by Gasteiger charge is -2.29. The van der Waals surface area contributed by atoms with E-state index in [0.29, 0.717) is 0 Å². The number of hydrogen-bond donors (Lipinski definition) is 2. The normalized spacial score (nSPS) is 24.8. The van der Waals surface area contributed by atoms with Gasteiger partial charge in [-0.15, -0.1) is 0 Å². The Bertz CT molecular complexity index is 278. The highest BCUT2D eigenvalue weighted by Crippen LogP contribution is 2.17. The molecular formula is C11H20N2O3. The van der Waals surface area contributed by atoms with Crippen LogP contribution in [0.3, 0.4) is 0 Å². The first-order valence-electron chi connectivity index (χ1n) is 5.69. The maximum absolute atomic E-state index is 12.1. The molecule has 5 heteroatoms. The van der Waals surface area contributed by atoms with Gasteiger partial charge in [-0.3, -0.25) is 9.59 Å². The van der Waals surface area contributed by atoms with Crippen LogP contribution in [0.1, 0.15) is 27.2 Å². The van der Waals surface area contributed by atoms with Crippen LogP contribution in [-0.4, -0.2) is 47.1 Å². The number of carbonyl (C=O) groups excluding carboxylic acids is 1. The van der Waals surface area contributed by atoms with Crippen LogP contribution in [0.4, 0.5) is 0 Å². The number of carboxylic acid groups (broad SMARTS) is 1. The van der Waals surface area contributed by atoms with E-state index in [1.165, 1.54) is 4.90 Å². The van der Waals surface area contributed by atoms with Crippen molar-refractivity contribution >= 4 is 11.9 Å². The molecule has 0 aromatic carbocycles. The van der Waals surface area contributed by atoms with Crippen LogP contribution >= 0.6 is 0 Å². The summed E-state index contributed by atoms with van der Waals surface area (Å²) in [4.78, 5) is 24.3. The highest BCUT2D eigenvalue weighted by molar-refractivity contribution is 5.86. The zero-order valence-corrected chi connectivity index (χ0v) is 10.1. The predicted octanol–water partition coefficient (Wildman–Crippen LogP) is 0.306. The van der Waals surface area contributed by atoms with Crippen molar-refractivity contribution in [3.05, 3.63) is 0 Å². The molecule has 0 aromatic rings. The molecule has 0 aromatic heterocycles. The second-order valence-electron chi connectivity index (χ2n) is 4.65. The van der Waals surface area contributed by atoms with Gasteiger partial charge in [-0.25, -0.2) is 0 Å². The summed E-state index contributed by atoms with van der Waals surface area (Å²) in [6.45, 7) is 6.29. The Labute approximate surface area is 95.8 Å². The first-order valence-corrected chi connectivity index (χ1v) is 5.69. The van der Waals surface area contributed by atoms with E-state index in [4.69, 9.17) is 5.11 Å². The third kappa shape index (κ3) is 2.95. The molecule has 92 valence electrons. The van der Waals surface area contributed by atoms with Gasteiger partial charge in [0.05, 0.1) is 6.04 Å². The number of aliphatic carboxylic acids is 1. The lowest BCUT2D eigenvalue weighted by atomic mass is 10.0. The molecule has 1 aliphatic rings. The summed E-state index contributed by atoms with van der Waals surface area (Å²) in [5, 5.41) is 11.9. The first-order chi connectivity index (χ1) is 7.43. The summed E-state index contributed by atoms with van der Waals surface area (Å²) in [5.74, 6) is -0.780. The molecule has 16 heavy (non-hydrogen) atoms. The molecule has 1 saturated heterocycles. The Morgan fingerprint density at radius 1 is 1.50 bits per heavy atom. The van der Waals surface area contributed by atoms with Crippen molar-refractivity contribution < 1.29 is 14.7 Å². The van der Waals surface area contributed by atoms with Crippen LogP contribution in [0.2, 0.25) is 0 Å². The number of nitrogens with zero attached hydrogens (tertiary/aromatic N) is 1. The van der Waals surface area contributed by atoms with Crippen LogP contribution in [0.25, 0.3) is 0 Å². The zero-order chi connectivity index (χ0) is 12.3. The molecule has 0 saturated carbocycles. The fraction of sp³-hybridized carbons (Fsp3) is 0.818. The topological polar surface area (TPSA) is 69.6 Å². The zero-order valence-electron chi connectivity index (χ0n) is 10.1. The van der Waals surface area contributed by atoms with Crippen molar-refractivity contribution in [2.75, 3.05) is 13.1 Å². The molecular weight excluding hydrogens is 208 g/mol. The standard InChI is InChI=1S/C11H20N2O3/c1-7(2)13(6-9(14)15)11(16)10-8(3)4-5-12-10/h7-8,10,12H,4-6H2,1-3H3,(H,14,15). The van der Waals surface area contributed by atoms with Gasteiger partial charge in [0.2, 0.25) is 5.91 Å². The van der Waals surface area contributed by atoms with E-state index in [1.54, 1.807) is 0 Å².